The molecule has 0 aromatic heterocycles. The van der Waals surface area contributed by atoms with Crippen molar-refractivity contribution in [2.24, 2.45) is 0 Å². The topological polar surface area (TPSA) is 91.9 Å². The van der Waals surface area contributed by atoms with Gasteiger partial charge in [-0.3, -0.25) is 20.4 Å². The Hall–Kier alpha value is -2.20. The minimum absolute atomic E-state index is 0.0209. The lowest BCUT2D eigenvalue weighted by Gasteiger charge is -2.16. The lowest BCUT2D eigenvalue weighted by atomic mass is 10.1. The number of thiocarbonyl (C=S) groups is 1. The number of ether oxygens (including phenoxy) is 2. The molecule has 1 aliphatic heterocycles. The maximum atomic E-state index is 11.8. The Morgan fingerprint density at radius 1 is 1.27 bits per heavy atom. The number of nitrogens with zero attached hydrogens (tertiary/aromatic N) is 1. The van der Waals surface area contributed by atoms with Crippen LogP contribution in [0.4, 0.5) is 0 Å². The number of amides is 2. The van der Waals surface area contributed by atoms with Gasteiger partial charge in [-0.1, -0.05) is 6.07 Å². The standard InChI is InChI=1S/C16H22N4O4S2/c1-23-12-4-3-11(7-13(12)24-2)5-6-17-16(25)19-18-14(21)8-20-10-26-9-15(20)22/h3-4,7H,5-6,8-10H2,1-2H3,(H,18,21)(H2,17,19,25). The van der Waals surface area contributed by atoms with Gasteiger partial charge in [-0.25, -0.2) is 0 Å². The van der Waals surface area contributed by atoms with Gasteiger partial charge in [-0.2, -0.15) is 0 Å². The number of hydrogen-bond donors (Lipinski definition) is 3. The highest BCUT2D eigenvalue weighted by Crippen LogP contribution is 2.27. The highest BCUT2D eigenvalue weighted by Gasteiger charge is 2.22. The van der Waals surface area contributed by atoms with Crippen molar-refractivity contribution in [1.29, 1.82) is 0 Å². The van der Waals surface area contributed by atoms with Crippen molar-refractivity contribution in [3.8, 4) is 11.5 Å². The van der Waals surface area contributed by atoms with E-state index in [0.717, 1.165) is 12.0 Å². The Morgan fingerprint density at radius 3 is 2.69 bits per heavy atom. The first kappa shape index (κ1) is 20.1. The summed E-state index contributed by atoms with van der Waals surface area (Å²) in [5, 5.41) is 3.31. The molecule has 1 aliphatic rings. The molecule has 1 aromatic rings. The Labute approximate surface area is 161 Å². The second-order valence-corrected chi connectivity index (χ2v) is 6.80. The van der Waals surface area contributed by atoms with Crippen LogP contribution in [0.25, 0.3) is 0 Å². The summed E-state index contributed by atoms with van der Waals surface area (Å²) < 4.78 is 10.5. The fraction of sp³-hybridized carbons (Fsp3) is 0.438. The zero-order chi connectivity index (χ0) is 18.9. The zero-order valence-corrected chi connectivity index (χ0v) is 16.3. The van der Waals surface area contributed by atoms with Gasteiger partial charge in [0.25, 0.3) is 5.91 Å². The molecular weight excluding hydrogens is 376 g/mol. The molecule has 0 bridgehead atoms. The summed E-state index contributed by atoms with van der Waals surface area (Å²) in [6.07, 6.45) is 0.718. The molecule has 1 heterocycles. The van der Waals surface area contributed by atoms with Crippen LogP contribution in [0.3, 0.4) is 0 Å². The third-order valence-electron chi connectivity index (χ3n) is 3.62. The molecule has 2 amide bonds. The van der Waals surface area contributed by atoms with Gasteiger partial charge in [0.1, 0.15) is 6.54 Å². The molecule has 0 saturated carbocycles. The SMILES string of the molecule is COc1ccc(CCNC(=S)NNC(=O)CN2CSCC2=O)cc1OC. The van der Waals surface area contributed by atoms with Crippen molar-refractivity contribution in [3.63, 3.8) is 0 Å². The van der Waals surface area contributed by atoms with Gasteiger partial charge in [0.2, 0.25) is 5.91 Å². The summed E-state index contributed by atoms with van der Waals surface area (Å²) in [4.78, 5) is 24.7. The summed E-state index contributed by atoms with van der Waals surface area (Å²) in [6.45, 7) is 0.603. The van der Waals surface area contributed by atoms with Crippen molar-refractivity contribution in [2.45, 2.75) is 6.42 Å². The van der Waals surface area contributed by atoms with Gasteiger partial charge in [-0.05, 0) is 36.3 Å². The number of benzene rings is 1. The Balaban J connectivity index is 1.67. The van der Waals surface area contributed by atoms with E-state index in [-0.39, 0.29) is 18.4 Å². The molecule has 0 spiro atoms. The molecule has 1 aromatic carbocycles. The molecule has 0 unspecified atom stereocenters. The molecular formula is C16H22N4O4S2. The number of hydrogen-bond acceptors (Lipinski definition) is 6. The third-order valence-corrected chi connectivity index (χ3v) is 4.81. The van der Waals surface area contributed by atoms with Gasteiger partial charge >= 0.3 is 0 Å². The highest BCUT2D eigenvalue weighted by molar-refractivity contribution is 8.00. The Morgan fingerprint density at radius 2 is 2.04 bits per heavy atom. The van der Waals surface area contributed by atoms with E-state index in [2.05, 4.69) is 16.2 Å². The fourth-order valence-corrected chi connectivity index (χ4v) is 3.34. The predicted octanol–water partition coefficient (Wildman–Crippen LogP) is 0.275. The lowest BCUT2D eigenvalue weighted by molar-refractivity contribution is -0.132. The van der Waals surface area contributed by atoms with E-state index in [4.69, 9.17) is 21.7 Å². The van der Waals surface area contributed by atoms with Crippen LogP contribution < -0.4 is 25.6 Å². The number of carbonyl (C=O) groups is 2. The average Bonchev–Trinajstić information content (AvgIpc) is 3.04. The maximum Gasteiger partial charge on any atom is 0.258 e. The van der Waals surface area contributed by atoms with Crippen LogP contribution in [-0.4, -0.2) is 60.8 Å². The van der Waals surface area contributed by atoms with Crippen molar-refractivity contribution in [3.05, 3.63) is 23.8 Å². The maximum absolute atomic E-state index is 11.8. The van der Waals surface area contributed by atoms with E-state index in [0.29, 0.717) is 34.8 Å². The van der Waals surface area contributed by atoms with Crippen molar-refractivity contribution in [1.82, 2.24) is 21.1 Å². The third kappa shape index (κ3) is 5.95. The molecule has 8 nitrogen and oxygen atoms in total. The van der Waals surface area contributed by atoms with Gasteiger partial charge in [0.05, 0.1) is 25.8 Å². The summed E-state index contributed by atoms with van der Waals surface area (Å²) >= 11 is 6.61. The molecule has 0 radical (unpaired) electrons. The van der Waals surface area contributed by atoms with Crippen LogP contribution in [-0.2, 0) is 16.0 Å². The first-order valence-electron chi connectivity index (χ1n) is 7.92. The average molecular weight is 399 g/mol. The molecule has 2 rings (SSSR count). The van der Waals surface area contributed by atoms with E-state index in [9.17, 15) is 9.59 Å². The van der Waals surface area contributed by atoms with Gasteiger partial charge in [0.15, 0.2) is 16.6 Å². The zero-order valence-electron chi connectivity index (χ0n) is 14.7. The molecule has 0 aliphatic carbocycles. The van der Waals surface area contributed by atoms with E-state index < -0.39 is 0 Å². The molecule has 0 atom stereocenters. The normalized spacial score (nSPS) is 13.3. The summed E-state index contributed by atoms with van der Waals surface area (Å²) in [5.74, 6) is 1.98. The van der Waals surface area contributed by atoms with Crippen LogP contribution >= 0.6 is 24.0 Å². The first-order valence-corrected chi connectivity index (χ1v) is 9.49. The first-order chi connectivity index (χ1) is 12.5. The number of hydrazine groups is 1. The Kier molecular flexibility index (Phi) is 7.79. The van der Waals surface area contributed by atoms with Crippen LogP contribution in [0.1, 0.15) is 5.56 Å². The molecule has 142 valence electrons. The number of nitrogens with one attached hydrogen (secondary N) is 3. The minimum Gasteiger partial charge on any atom is -0.493 e. The molecule has 10 heteroatoms. The van der Waals surface area contributed by atoms with Crippen LogP contribution in [0.15, 0.2) is 18.2 Å². The van der Waals surface area contributed by atoms with Crippen molar-refractivity contribution in [2.75, 3.05) is 38.9 Å². The highest BCUT2D eigenvalue weighted by atomic mass is 32.2. The predicted molar refractivity (Wildman–Crippen MR) is 104 cm³/mol. The number of thioether (sulfide) groups is 1. The van der Waals surface area contributed by atoms with Gasteiger partial charge in [0, 0.05) is 6.54 Å². The van der Waals surface area contributed by atoms with Crippen molar-refractivity contribution < 1.29 is 19.1 Å². The monoisotopic (exact) mass is 398 g/mol. The lowest BCUT2D eigenvalue weighted by Crippen LogP contribution is -2.50. The van der Waals surface area contributed by atoms with E-state index >= 15 is 0 Å². The second kappa shape index (κ2) is 10.1. The number of carbonyl (C=O) groups excluding carboxylic acids is 2. The van der Waals surface area contributed by atoms with Gasteiger partial charge < -0.3 is 19.7 Å². The summed E-state index contributed by atoms with van der Waals surface area (Å²) in [5.41, 5.74) is 6.17. The number of rotatable bonds is 7. The van der Waals surface area contributed by atoms with Crippen LogP contribution in [0.5, 0.6) is 11.5 Å². The van der Waals surface area contributed by atoms with E-state index in [1.807, 2.05) is 18.2 Å². The molecule has 1 fully saturated rings. The van der Waals surface area contributed by atoms with Crippen LogP contribution in [0.2, 0.25) is 0 Å². The van der Waals surface area contributed by atoms with E-state index in [1.165, 1.54) is 16.7 Å². The second-order valence-electron chi connectivity index (χ2n) is 5.44. The van der Waals surface area contributed by atoms with E-state index in [1.54, 1.807) is 14.2 Å². The van der Waals surface area contributed by atoms with Crippen molar-refractivity contribution >= 4 is 40.9 Å². The molecule has 3 N–H and O–H groups in total. The fourth-order valence-electron chi connectivity index (χ4n) is 2.28. The minimum atomic E-state index is -0.315. The van der Waals surface area contributed by atoms with Crippen LogP contribution in [0, 0.1) is 0 Å². The molecule has 1 saturated heterocycles. The number of methoxy groups -OCH3 is 2. The largest absolute Gasteiger partial charge is 0.493 e. The summed E-state index contributed by atoms with van der Waals surface area (Å²) in [6, 6.07) is 5.71. The van der Waals surface area contributed by atoms with Gasteiger partial charge in [-0.15, -0.1) is 11.8 Å². The Bertz CT molecular complexity index is 672. The summed E-state index contributed by atoms with van der Waals surface area (Å²) in [7, 11) is 3.19. The quantitative estimate of drug-likeness (QED) is 0.446. The molecule has 26 heavy (non-hydrogen) atoms. The smallest absolute Gasteiger partial charge is 0.258 e.